The van der Waals surface area contributed by atoms with E-state index in [1.807, 2.05) is 0 Å². The van der Waals surface area contributed by atoms with Crippen LogP contribution in [0.3, 0.4) is 0 Å². The fourth-order valence-corrected chi connectivity index (χ4v) is 2.56. The fraction of sp³-hybridized carbons (Fsp3) is 0.615. The summed E-state index contributed by atoms with van der Waals surface area (Å²) in [5.74, 6) is -0.670. The lowest BCUT2D eigenvalue weighted by Crippen LogP contribution is -2.45. The summed E-state index contributed by atoms with van der Waals surface area (Å²) in [6, 6.07) is -0.150. The highest BCUT2D eigenvalue weighted by Crippen LogP contribution is 2.25. The molecule has 0 aromatic carbocycles. The summed E-state index contributed by atoms with van der Waals surface area (Å²) in [4.78, 5) is 23.8. The molecule has 2 rings (SSSR count). The van der Waals surface area contributed by atoms with Gasteiger partial charge in [-0.1, -0.05) is 12.8 Å². The van der Waals surface area contributed by atoms with Crippen LogP contribution >= 0.6 is 0 Å². The maximum absolute atomic E-state index is 12.1. The maximum Gasteiger partial charge on any atom is 0.310 e. The quantitative estimate of drug-likeness (QED) is 0.804. The van der Waals surface area contributed by atoms with Crippen molar-refractivity contribution in [3.63, 3.8) is 0 Å². The highest BCUT2D eigenvalue weighted by Gasteiger charge is 2.33. The van der Waals surface area contributed by atoms with Crippen molar-refractivity contribution in [1.29, 1.82) is 0 Å². The van der Waals surface area contributed by atoms with Crippen molar-refractivity contribution >= 4 is 11.9 Å². The number of rotatable bonds is 3. The number of esters is 1. The number of nitrogens with zero attached hydrogens (tertiary/aromatic N) is 1. The highest BCUT2D eigenvalue weighted by molar-refractivity contribution is 5.95. The van der Waals surface area contributed by atoms with E-state index in [0.29, 0.717) is 5.56 Å². The number of hydrogen-bond donors (Lipinski definition) is 2. The summed E-state index contributed by atoms with van der Waals surface area (Å²) >= 11 is 0. The summed E-state index contributed by atoms with van der Waals surface area (Å²) in [5.41, 5.74) is 1.25. The number of hydrogen-bond acceptors (Lipinski definition) is 4. The Morgan fingerprint density at radius 1 is 1.42 bits per heavy atom. The molecule has 0 bridgehead atoms. The van der Waals surface area contributed by atoms with Crippen LogP contribution in [-0.4, -0.2) is 35.2 Å². The van der Waals surface area contributed by atoms with Gasteiger partial charge in [0, 0.05) is 11.7 Å². The van der Waals surface area contributed by atoms with Gasteiger partial charge in [-0.2, -0.15) is 5.10 Å². The molecule has 0 spiro atoms. The van der Waals surface area contributed by atoms with E-state index in [1.165, 1.54) is 13.3 Å². The van der Waals surface area contributed by atoms with Crippen LogP contribution in [0.4, 0.5) is 0 Å². The fourth-order valence-electron chi connectivity index (χ4n) is 2.56. The van der Waals surface area contributed by atoms with Crippen LogP contribution in [0.5, 0.6) is 0 Å². The van der Waals surface area contributed by atoms with Crippen LogP contribution in [0.25, 0.3) is 0 Å². The monoisotopic (exact) mass is 265 g/mol. The van der Waals surface area contributed by atoms with Gasteiger partial charge in [-0.15, -0.1) is 0 Å². The van der Waals surface area contributed by atoms with Crippen LogP contribution in [0.2, 0.25) is 0 Å². The third kappa shape index (κ3) is 2.94. The first kappa shape index (κ1) is 13.6. The zero-order valence-corrected chi connectivity index (χ0v) is 11.2. The summed E-state index contributed by atoms with van der Waals surface area (Å²) in [7, 11) is 1.38. The number of carbonyl (C=O) groups excluding carboxylic acids is 2. The summed E-state index contributed by atoms with van der Waals surface area (Å²) in [5, 5.41) is 9.49. The zero-order valence-electron chi connectivity index (χ0n) is 11.2. The SMILES string of the molecule is COC(=O)[C@@H]1CCCC[C@H]1NC(=O)c1cn[nH]c1C. The van der Waals surface area contributed by atoms with Crippen LogP contribution < -0.4 is 5.32 Å². The molecule has 1 amide bonds. The Kier molecular flexibility index (Phi) is 4.19. The van der Waals surface area contributed by atoms with Crippen molar-refractivity contribution < 1.29 is 14.3 Å². The van der Waals surface area contributed by atoms with Gasteiger partial charge in [-0.05, 0) is 19.8 Å². The van der Waals surface area contributed by atoms with E-state index >= 15 is 0 Å². The standard InChI is InChI=1S/C13H19N3O3/c1-8-10(7-14-16-8)12(17)15-11-6-4-3-5-9(11)13(18)19-2/h7,9,11H,3-6H2,1-2H3,(H,14,16)(H,15,17)/t9-,11-/m1/s1. The molecule has 1 aliphatic rings. The average molecular weight is 265 g/mol. The first-order valence-corrected chi connectivity index (χ1v) is 6.52. The average Bonchev–Trinajstić information content (AvgIpc) is 2.85. The van der Waals surface area contributed by atoms with Crippen molar-refractivity contribution in [2.75, 3.05) is 7.11 Å². The normalized spacial score (nSPS) is 22.8. The molecule has 0 saturated heterocycles. The second-order valence-corrected chi connectivity index (χ2v) is 4.90. The summed E-state index contributed by atoms with van der Waals surface area (Å²) in [6.07, 6.45) is 5.09. The number of aromatic nitrogens is 2. The molecule has 104 valence electrons. The summed E-state index contributed by atoms with van der Waals surface area (Å²) < 4.78 is 4.81. The molecule has 0 aliphatic heterocycles. The molecule has 2 atom stereocenters. The zero-order chi connectivity index (χ0) is 13.8. The molecular formula is C13H19N3O3. The number of amides is 1. The molecule has 1 saturated carbocycles. The van der Waals surface area contributed by atoms with Gasteiger partial charge in [-0.25, -0.2) is 0 Å². The van der Waals surface area contributed by atoms with Crippen molar-refractivity contribution in [3.05, 3.63) is 17.5 Å². The minimum absolute atomic E-state index is 0.150. The van der Waals surface area contributed by atoms with Crippen LogP contribution in [0.15, 0.2) is 6.20 Å². The Morgan fingerprint density at radius 3 is 2.79 bits per heavy atom. The number of H-pyrrole nitrogens is 1. The predicted octanol–water partition coefficient (Wildman–Crippen LogP) is 1.18. The maximum atomic E-state index is 12.1. The third-order valence-corrected chi connectivity index (χ3v) is 3.66. The van der Waals surface area contributed by atoms with E-state index in [2.05, 4.69) is 15.5 Å². The molecule has 6 nitrogen and oxygen atoms in total. The van der Waals surface area contributed by atoms with Gasteiger partial charge in [0.05, 0.1) is 24.8 Å². The Bertz CT molecular complexity index is 469. The highest BCUT2D eigenvalue weighted by atomic mass is 16.5. The Labute approximate surface area is 111 Å². The molecule has 1 aliphatic carbocycles. The van der Waals surface area contributed by atoms with Crippen molar-refractivity contribution in [2.45, 2.75) is 38.6 Å². The first-order valence-electron chi connectivity index (χ1n) is 6.52. The molecular weight excluding hydrogens is 246 g/mol. The lowest BCUT2D eigenvalue weighted by Gasteiger charge is -2.30. The van der Waals surface area contributed by atoms with Gasteiger partial charge in [-0.3, -0.25) is 14.7 Å². The predicted molar refractivity (Wildman–Crippen MR) is 68.6 cm³/mol. The van der Waals surface area contributed by atoms with Crippen molar-refractivity contribution in [3.8, 4) is 0 Å². The Hall–Kier alpha value is -1.85. The number of methoxy groups -OCH3 is 1. The van der Waals surface area contributed by atoms with E-state index in [1.54, 1.807) is 6.92 Å². The first-order chi connectivity index (χ1) is 9.13. The number of ether oxygens (including phenoxy) is 1. The smallest absolute Gasteiger partial charge is 0.310 e. The molecule has 6 heteroatoms. The molecule has 19 heavy (non-hydrogen) atoms. The minimum Gasteiger partial charge on any atom is -0.469 e. The second kappa shape index (κ2) is 5.86. The van der Waals surface area contributed by atoms with Gasteiger partial charge in [0.25, 0.3) is 5.91 Å². The van der Waals surface area contributed by atoms with E-state index in [9.17, 15) is 9.59 Å². The second-order valence-electron chi connectivity index (χ2n) is 4.90. The van der Waals surface area contributed by atoms with Gasteiger partial charge < -0.3 is 10.1 Å². The van der Waals surface area contributed by atoms with Crippen molar-refractivity contribution in [1.82, 2.24) is 15.5 Å². The molecule has 1 fully saturated rings. The number of aryl methyl sites for hydroxylation is 1. The largest absolute Gasteiger partial charge is 0.469 e. The lowest BCUT2D eigenvalue weighted by atomic mass is 9.84. The Morgan fingerprint density at radius 2 is 2.16 bits per heavy atom. The van der Waals surface area contributed by atoms with E-state index < -0.39 is 0 Å². The van der Waals surface area contributed by atoms with Crippen molar-refractivity contribution in [2.24, 2.45) is 5.92 Å². The molecule has 0 radical (unpaired) electrons. The molecule has 2 N–H and O–H groups in total. The van der Waals surface area contributed by atoms with E-state index in [0.717, 1.165) is 31.4 Å². The van der Waals surface area contributed by atoms with E-state index in [4.69, 9.17) is 4.74 Å². The molecule has 1 aromatic rings. The third-order valence-electron chi connectivity index (χ3n) is 3.66. The van der Waals surface area contributed by atoms with Crippen LogP contribution in [0, 0.1) is 12.8 Å². The topological polar surface area (TPSA) is 84.1 Å². The Balaban J connectivity index is 2.05. The van der Waals surface area contributed by atoms with Gasteiger partial charge in [0.15, 0.2) is 0 Å². The molecule has 1 aromatic heterocycles. The molecule has 0 unspecified atom stereocenters. The number of carbonyl (C=O) groups is 2. The van der Waals surface area contributed by atoms with Gasteiger partial charge >= 0.3 is 5.97 Å². The van der Waals surface area contributed by atoms with Crippen LogP contribution in [0.1, 0.15) is 41.7 Å². The molecule has 1 heterocycles. The summed E-state index contributed by atoms with van der Waals surface area (Å²) in [6.45, 7) is 1.79. The minimum atomic E-state index is -0.242. The van der Waals surface area contributed by atoms with Gasteiger partial charge in [0.1, 0.15) is 0 Å². The van der Waals surface area contributed by atoms with Gasteiger partial charge in [0.2, 0.25) is 0 Å². The number of nitrogens with one attached hydrogen (secondary N) is 2. The van der Waals surface area contributed by atoms with E-state index in [-0.39, 0.29) is 23.8 Å². The number of aromatic amines is 1. The lowest BCUT2D eigenvalue weighted by molar-refractivity contribution is -0.147. The van der Waals surface area contributed by atoms with Crippen LogP contribution in [-0.2, 0) is 9.53 Å².